The summed E-state index contributed by atoms with van der Waals surface area (Å²) in [5.74, 6) is 1.77. The third-order valence-corrected chi connectivity index (χ3v) is 3.16. The molecule has 1 fully saturated rings. The Kier molecular flexibility index (Phi) is 5.62. The molecule has 2 atom stereocenters. The second-order valence-electron chi connectivity index (χ2n) is 5.49. The van der Waals surface area contributed by atoms with Crippen molar-refractivity contribution in [3.8, 4) is 0 Å². The maximum Gasteiger partial charge on any atom is 0.0594 e. The average molecular weight is 213 g/mol. The first-order valence-electron chi connectivity index (χ1n) is 6.43. The number of hydrogen-bond donors (Lipinski definition) is 1. The van der Waals surface area contributed by atoms with Crippen molar-refractivity contribution in [2.75, 3.05) is 13.2 Å². The predicted octanol–water partition coefficient (Wildman–Crippen LogP) is 2.83. The van der Waals surface area contributed by atoms with Crippen molar-refractivity contribution in [3.05, 3.63) is 0 Å². The fraction of sp³-hybridized carbons (Fsp3) is 1.00. The lowest BCUT2D eigenvalue weighted by atomic mass is 9.80. The molecule has 2 unspecified atom stereocenters. The molecule has 2 nitrogen and oxygen atoms in total. The lowest BCUT2D eigenvalue weighted by Gasteiger charge is -2.32. The van der Waals surface area contributed by atoms with Gasteiger partial charge < -0.3 is 10.1 Å². The molecule has 0 bridgehead atoms. The van der Waals surface area contributed by atoms with Crippen LogP contribution >= 0.6 is 0 Å². The van der Waals surface area contributed by atoms with Gasteiger partial charge >= 0.3 is 0 Å². The summed E-state index contributed by atoms with van der Waals surface area (Å²) in [6, 6.07) is 0.722. The molecule has 90 valence electrons. The van der Waals surface area contributed by atoms with Crippen LogP contribution in [-0.2, 0) is 4.74 Å². The summed E-state index contributed by atoms with van der Waals surface area (Å²) in [6.45, 7) is 10.8. The monoisotopic (exact) mass is 213 g/mol. The van der Waals surface area contributed by atoms with Gasteiger partial charge in [0.1, 0.15) is 0 Å². The molecule has 1 N–H and O–H groups in total. The summed E-state index contributed by atoms with van der Waals surface area (Å²) in [5.41, 5.74) is 0. The molecule has 2 heteroatoms. The minimum atomic E-state index is 0.357. The van der Waals surface area contributed by atoms with Gasteiger partial charge in [-0.3, -0.25) is 0 Å². The molecule has 0 aromatic rings. The van der Waals surface area contributed by atoms with E-state index in [0.29, 0.717) is 6.10 Å². The van der Waals surface area contributed by atoms with Crippen LogP contribution in [0.3, 0.4) is 0 Å². The summed E-state index contributed by atoms with van der Waals surface area (Å²) >= 11 is 0. The van der Waals surface area contributed by atoms with Crippen LogP contribution in [0.4, 0.5) is 0 Å². The van der Waals surface area contributed by atoms with E-state index < -0.39 is 0 Å². The first-order valence-corrected chi connectivity index (χ1v) is 6.43. The van der Waals surface area contributed by atoms with Gasteiger partial charge in [0.15, 0.2) is 0 Å². The molecule has 0 radical (unpaired) electrons. The van der Waals surface area contributed by atoms with Crippen molar-refractivity contribution in [3.63, 3.8) is 0 Å². The van der Waals surface area contributed by atoms with Crippen LogP contribution in [0.1, 0.15) is 47.0 Å². The summed E-state index contributed by atoms with van der Waals surface area (Å²) in [5, 5.41) is 3.61. The van der Waals surface area contributed by atoms with Crippen LogP contribution in [0.5, 0.6) is 0 Å². The molecule has 15 heavy (non-hydrogen) atoms. The molecule has 0 saturated heterocycles. The minimum absolute atomic E-state index is 0.357. The maximum atomic E-state index is 5.52. The van der Waals surface area contributed by atoms with E-state index in [9.17, 15) is 0 Å². The average Bonchev–Trinajstić information content (AvgIpc) is 2.10. The SMILES string of the molecule is CC1CC(C)CC(NCCOC(C)C)C1. The van der Waals surface area contributed by atoms with Crippen LogP contribution < -0.4 is 5.32 Å². The Morgan fingerprint density at radius 2 is 1.73 bits per heavy atom. The van der Waals surface area contributed by atoms with E-state index in [1.807, 2.05) is 0 Å². The molecule has 0 heterocycles. The van der Waals surface area contributed by atoms with Gasteiger partial charge in [-0.1, -0.05) is 13.8 Å². The highest BCUT2D eigenvalue weighted by Crippen LogP contribution is 2.28. The second kappa shape index (κ2) is 6.49. The standard InChI is InChI=1S/C13H27NO/c1-10(2)15-6-5-14-13-8-11(3)7-12(4)9-13/h10-14H,5-9H2,1-4H3. The zero-order chi connectivity index (χ0) is 11.3. The molecular formula is C13H27NO. The van der Waals surface area contributed by atoms with Crippen molar-refractivity contribution >= 4 is 0 Å². The highest BCUT2D eigenvalue weighted by molar-refractivity contribution is 4.79. The molecule has 0 aromatic carbocycles. The van der Waals surface area contributed by atoms with Crippen LogP contribution in [0, 0.1) is 11.8 Å². The first kappa shape index (κ1) is 13.0. The largest absolute Gasteiger partial charge is 0.377 e. The summed E-state index contributed by atoms with van der Waals surface area (Å²) in [7, 11) is 0. The number of nitrogens with one attached hydrogen (secondary N) is 1. The van der Waals surface area contributed by atoms with E-state index in [4.69, 9.17) is 4.74 Å². The molecule has 1 aliphatic carbocycles. The zero-order valence-electron chi connectivity index (χ0n) is 10.8. The molecule has 0 spiro atoms. The molecule has 1 rings (SSSR count). The van der Waals surface area contributed by atoms with Crippen molar-refractivity contribution in [1.29, 1.82) is 0 Å². The van der Waals surface area contributed by atoms with Crippen molar-refractivity contribution in [1.82, 2.24) is 5.32 Å². The van der Waals surface area contributed by atoms with Crippen LogP contribution in [0.25, 0.3) is 0 Å². The first-order chi connectivity index (χ1) is 7.08. The van der Waals surface area contributed by atoms with Gasteiger partial charge in [0.25, 0.3) is 0 Å². The Morgan fingerprint density at radius 3 is 2.27 bits per heavy atom. The minimum Gasteiger partial charge on any atom is -0.377 e. The molecule has 0 aromatic heterocycles. The summed E-state index contributed by atoms with van der Waals surface area (Å²) in [4.78, 5) is 0. The third-order valence-electron chi connectivity index (χ3n) is 3.16. The molecule has 0 aliphatic heterocycles. The van der Waals surface area contributed by atoms with E-state index in [2.05, 4.69) is 33.0 Å². The van der Waals surface area contributed by atoms with Gasteiger partial charge in [0.05, 0.1) is 12.7 Å². The molecule has 1 aliphatic rings. The highest BCUT2D eigenvalue weighted by Gasteiger charge is 2.22. The van der Waals surface area contributed by atoms with E-state index >= 15 is 0 Å². The van der Waals surface area contributed by atoms with Gasteiger partial charge in [0.2, 0.25) is 0 Å². The van der Waals surface area contributed by atoms with Crippen LogP contribution in [-0.4, -0.2) is 25.3 Å². The Labute approximate surface area is 94.8 Å². The number of rotatable bonds is 5. The summed E-state index contributed by atoms with van der Waals surface area (Å²) in [6.07, 6.45) is 4.44. The lowest BCUT2D eigenvalue weighted by Crippen LogP contribution is -2.38. The van der Waals surface area contributed by atoms with E-state index in [1.54, 1.807) is 0 Å². The smallest absolute Gasteiger partial charge is 0.0594 e. The number of ether oxygens (including phenoxy) is 1. The molecular weight excluding hydrogens is 186 g/mol. The van der Waals surface area contributed by atoms with Crippen molar-refractivity contribution < 1.29 is 4.74 Å². The van der Waals surface area contributed by atoms with Crippen molar-refractivity contribution in [2.45, 2.75) is 59.1 Å². The highest BCUT2D eigenvalue weighted by atomic mass is 16.5. The van der Waals surface area contributed by atoms with Gasteiger partial charge in [-0.15, -0.1) is 0 Å². The van der Waals surface area contributed by atoms with Crippen LogP contribution in [0.15, 0.2) is 0 Å². The fourth-order valence-corrected chi connectivity index (χ4v) is 2.67. The van der Waals surface area contributed by atoms with Gasteiger partial charge in [-0.25, -0.2) is 0 Å². The Morgan fingerprint density at radius 1 is 1.13 bits per heavy atom. The lowest BCUT2D eigenvalue weighted by molar-refractivity contribution is 0.0769. The topological polar surface area (TPSA) is 21.3 Å². The van der Waals surface area contributed by atoms with Crippen molar-refractivity contribution in [2.24, 2.45) is 11.8 Å². The van der Waals surface area contributed by atoms with E-state index in [1.165, 1.54) is 19.3 Å². The normalized spacial score (nSPS) is 32.2. The third kappa shape index (κ3) is 5.53. The summed E-state index contributed by atoms with van der Waals surface area (Å²) < 4.78 is 5.52. The van der Waals surface area contributed by atoms with E-state index in [-0.39, 0.29) is 0 Å². The van der Waals surface area contributed by atoms with Gasteiger partial charge in [-0.05, 0) is 44.9 Å². The zero-order valence-corrected chi connectivity index (χ0v) is 10.8. The second-order valence-corrected chi connectivity index (χ2v) is 5.49. The van der Waals surface area contributed by atoms with Gasteiger partial charge in [-0.2, -0.15) is 0 Å². The Hall–Kier alpha value is -0.0800. The van der Waals surface area contributed by atoms with Crippen LogP contribution in [0.2, 0.25) is 0 Å². The van der Waals surface area contributed by atoms with E-state index in [0.717, 1.165) is 31.0 Å². The predicted molar refractivity (Wildman–Crippen MR) is 65.1 cm³/mol. The fourth-order valence-electron chi connectivity index (χ4n) is 2.67. The maximum absolute atomic E-state index is 5.52. The Bertz CT molecular complexity index is 160. The molecule has 1 saturated carbocycles. The Balaban J connectivity index is 2.10. The molecule has 0 amide bonds. The quantitative estimate of drug-likeness (QED) is 0.709. The van der Waals surface area contributed by atoms with Gasteiger partial charge in [0, 0.05) is 12.6 Å². The number of hydrogen-bond acceptors (Lipinski definition) is 2.